The first-order chi connectivity index (χ1) is 13.2. The first-order valence-corrected chi connectivity index (χ1v) is 9.64. The van der Waals surface area contributed by atoms with Gasteiger partial charge in [-0.3, -0.25) is 4.79 Å². The molecule has 27 heavy (non-hydrogen) atoms. The number of rotatable bonds is 6. The molecular weight excluding hydrogens is 362 g/mol. The third-order valence-corrected chi connectivity index (χ3v) is 5.40. The number of nitrogens with one attached hydrogen (secondary N) is 1. The number of furan rings is 1. The predicted octanol–water partition coefficient (Wildman–Crippen LogP) is 4.79. The van der Waals surface area contributed by atoms with E-state index in [1.165, 1.54) is 0 Å². The van der Waals surface area contributed by atoms with E-state index in [2.05, 4.69) is 5.32 Å². The molecule has 0 aliphatic carbocycles. The third-order valence-electron chi connectivity index (χ3n) is 4.33. The molecule has 1 amide bonds. The van der Waals surface area contributed by atoms with Crippen molar-refractivity contribution in [1.29, 1.82) is 0 Å². The molecule has 2 heterocycles. The van der Waals surface area contributed by atoms with Gasteiger partial charge in [0.15, 0.2) is 17.3 Å². The predicted molar refractivity (Wildman–Crippen MR) is 103 cm³/mol. The molecule has 6 heteroatoms. The van der Waals surface area contributed by atoms with Crippen LogP contribution in [0.5, 0.6) is 11.5 Å². The number of thioether (sulfide) groups is 1. The molecule has 0 fully saturated rings. The van der Waals surface area contributed by atoms with Crippen LogP contribution in [0.3, 0.4) is 0 Å². The summed E-state index contributed by atoms with van der Waals surface area (Å²) >= 11 is 1.67. The number of carbonyl (C=O) groups excluding carboxylic acids is 1. The van der Waals surface area contributed by atoms with Crippen LogP contribution in [-0.4, -0.2) is 12.7 Å². The summed E-state index contributed by atoms with van der Waals surface area (Å²) in [5.41, 5.74) is 1.82. The SMILES string of the molecule is CC(NC(=O)c1occc1CSc1ccccc1)c1ccc2c(c1)OCO2. The fourth-order valence-corrected chi connectivity index (χ4v) is 3.75. The summed E-state index contributed by atoms with van der Waals surface area (Å²) in [5, 5.41) is 2.99. The number of carbonyl (C=O) groups is 1. The van der Waals surface area contributed by atoms with Gasteiger partial charge in [0.2, 0.25) is 6.79 Å². The van der Waals surface area contributed by atoms with Gasteiger partial charge < -0.3 is 19.2 Å². The summed E-state index contributed by atoms with van der Waals surface area (Å²) in [6.45, 7) is 2.16. The number of benzene rings is 2. The van der Waals surface area contributed by atoms with Crippen molar-refractivity contribution < 1.29 is 18.7 Å². The van der Waals surface area contributed by atoms with Crippen molar-refractivity contribution in [2.75, 3.05) is 6.79 Å². The van der Waals surface area contributed by atoms with E-state index in [0.29, 0.717) is 17.3 Å². The van der Waals surface area contributed by atoms with E-state index in [9.17, 15) is 4.79 Å². The summed E-state index contributed by atoms with van der Waals surface area (Å²) < 4.78 is 16.2. The van der Waals surface area contributed by atoms with Crippen molar-refractivity contribution in [1.82, 2.24) is 5.32 Å². The maximum Gasteiger partial charge on any atom is 0.287 e. The maximum atomic E-state index is 12.7. The highest BCUT2D eigenvalue weighted by Gasteiger charge is 2.20. The van der Waals surface area contributed by atoms with E-state index in [0.717, 1.165) is 21.8 Å². The molecule has 2 aromatic carbocycles. The van der Waals surface area contributed by atoms with Crippen LogP contribution in [-0.2, 0) is 5.75 Å². The Morgan fingerprint density at radius 1 is 1.11 bits per heavy atom. The van der Waals surface area contributed by atoms with Crippen LogP contribution in [0, 0.1) is 0 Å². The van der Waals surface area contributed by atoms with Gasteiger partial charge in [-0.2, -0.15) is 0 Å². The fraction of sp³-hybridized carbons (Fsp3) is 0.190. The van der Waals surface area contributed by atoms with Crippen molar-refractivity contribution in [2.45, 2.75) is 23.6 Å². The first kappa shape index (κ1) is 17.5. The van der Waals surface area contributed by atoms with Crippen LogP contribution in [0.4, 0.5) is 0 Å². The number of fused-ring (bicyclic) bond motifs is 1. The van der Waals surface area contributed by atoms with Crippen LogP contribution < -0.4 is 14.8 Å². The average molecular weight is 381 g/mol. The second kappa shape index (κ2) is 7.80. The van der Waals surface area contributed by atoms with Gasteiger partial charge >= 0.3 is 0 Å². The Balaban J connectivity index is 1.42. The minimum Gasteiger partial charge on any atom is -0.459 e. The topological polar surface area (TPSA) is 60.7 Å². The molecule has 5 nitrogen and oxygen atoms in total. The molecule has 4 rings (SSSR count). The smallest absolute Gasteiger partial charge is 0.287 e. The standard InChI is InChI=1S/C21H19NO4S/c1-14(15-7-8-18-19(11-15)26-13-25-18)22-21(23)20-16(9-10-24-20)12-27-17-5-3-2-4-6-17/h2-11,14H,12-13H2,1H3,(H,22,23). The van der Waals surface area contributed by atoms with Crippen molar-refractivity contribution in [3.8, 4) is 11.5 Å². The van der Waals surface area contributed by atoms with Gasteiger partial charge in [0, 0.05) is 16.2 Å². The monoisotopic (exact) mass is 381 g/mol. The molecule has 0 radical (unpaired) electrons. The van der Waals surface area contributed by atoms with E-state index < -0.39 is 0 Å². The normalized spacial score (nSPS) is 13.4. The summed E-state index contributed by atoms with van der Waals surface area (Å²) in [4.78, 5) is 13.8. The molecule has 1 atom stereocenters. The summed E-state index contributed by atoms with van der Waals surface area (Å²) in [6, 6.07) is 17.4. The molecule has 1 aliphatic heterocycles. The van der Waals surface area contributed by atoms with Gasteiger partial charge in [-0.15, -0.1) is 11.8 Å². The average Bonchev–Trinajstić information content (AvgIpc) is 3.35. The van der Waals surface area contributed by atoms with Crippen molar-refractivity contribution in [3.05, 3.63) is 77.7 Å². The Morgan fingerprint density at radius 2 is 1.93 bits per heavy atom. The Hall–Kier alpha value is -2.86. The maximum absolute atomic E-state index is 12.7. The zero-order valence-corrected chi connectivity index (χ0v) is 15.6. The molecule has 138 valence electrons. The Labute approximate surface area is 161 Å². The van der Waals surface area contributed by atoms with Crippen LogP contribution >= 0.6 is 11.8 Å². The highest BCUT2D eigenvalue weighted by atomic mass is 32.2. The molecule has 1 unspecified atom stereocenters. The Kier molecular flexibility index (Phi) is 5.07. The molecule has 0 saturated carbocycles. The highest BCUT2D eigenvalue weighted by molar-refractivity contribution is 7.98. The fourth-order valence-electron chi connectivity index (χ4n) is 2.85. The minimum atomic E-state index is -0.228. The van der Waals surface area contributed by atoms with Crippen LogP contribution in [0.25, 0.3) is 0 Å². The lowest BCUT2D eigenvalue weighted by Gasteiger charge is -2.14. The van der Waals surface area contributed by atoms with Crippen molar-refractivity contribution in [3.63, 3.8) is 0 Å². The quantitative estimate of drug-likeness (QED) is 0.622. The molecule has 0 spiro atoms. The first-order valence-electron chi connectivity index (χ1n) is 8.65. The largest absolute Gasteiger partial charge is 0.459 e. The molecule has 0 saturated heterocycles. The van der Waals surface area contributed by atoms with E-state index in [4.69, 9.17) is 13.9 Å². The molecule has 0 bridgehead atoms. The lowest BCUT2D eigenvalue weighted by atomic mass is 10.1. The molecule has 3 aromatic rings. The molecular formula is C21H19NO4S. The van der Waals surface area contributed by atoms with Crippen LogP contribution in [0.15, 0.2) is 70.2 Å². The Bertz CT molecular complexity index is 938. The number of ether oxygens (including phenoxy) is 2. The Morgan fingerprint density at radius 3 is 2.78 bits per heavy atom. The van der Waals surface area contributed by atoms with E-state index in [1.807, 2.05) is 61.5 Å². The van der Waals surface area contributed by atoms with E-state index in [1.54, 1.807) is 18.0 Å². The van der Waals surface area contributed by atoms with Gasteiger partial charge in [0.25, 0.3) is 5.91 Å². The van der Waals surface area contributed by atoms with Gasteiger partial charge in [-0.05, 0) is 42.8 Å². The van der Waals surface area contributed by atoms with Gasteiger partial charge in [0.1, 0.15) is 0 Å². The van der Waals surface area contributed by atoms with E-state index in [-0.39, 0.29) is 18.7 Å². The zero-order valence-electron chi connectivity index (χ0n) is 14.8. The minimum absolute atomic E-state index is 0.188. The van der Waals surface area contributed by atoms with E-state index >= 15 is 0 Å². The van der Waals surface area contributed by atoms with Gasteiger partial charge in [-0.25, -0.2) is 0 Å². The van der Waals surface area contributed by atoms with Crippen molar-refractivity contribution >= 4 is 17.7 Å². The molecule has 1 aromatic heterocycles. The lowest BCUT2D eigenvalue weighted by Crippen LogP contribution is -2.27. The third kappa shape index (κ3) is 3.95. The summed E-state index contributed by atoms with van der Waals surface area (Å²) in [7, 11) is 0. The van der Waals surface area contributed by atoms with Gasteiger partial charge in [-0.1, -0.05) is 24.3 Å². The number of amides is 1. The van der Waals surface area contributed by atoms with Crippen LogP contribution in [0.1, 0.15) is 34.6 Å². The molecule has 1 aliphatic rings. The summed E-state index contributed by atoms with van der Waals surface area (Å²) in [5.74, 6) is 2.22. The zero-order chi connectivity index (χ0) is 18.6. The summed E-state index contributed by atoms with van der Waals surface area (Å²) in [6.07, 6.45) is 1.56. The number of hydrogen-bond donors (Lipinski definition) is 1. The lowest BCUT2D eigenvalue weighted by molar-refractivity contribution is 0.0911. The highest BCUT2D eigenvalue weighted by Crippen LogP contribution is 2.34. The van der Waals surface area contributed by atoms with Crippen molar-refractivity contribution in [2.24, 2.45) is 0 Å². The second-order valence-corrected chi connectivity index (χ2v) is 7.23. The number of hydrogen-bond acceptors (Lipinski definition) is 5. The van der Waals surface area contributed by atoms with Crippen LogP contribution in [0.2, 0.25) is 0 Å². The second-order valence-electron chi connectivity index (χ2n) is 6.18. The van der Waals surface area contributed by atoms with Gasteiger partial charge in [0.05, 0.1) is 12.3 Å². The molecule has 1 N–H and O–H groups in total.